The Bertz CT molecular complexity index is 485. The van der Waals surface area contributed by atoms with Crippen LogP contribution in [0.15, 0.2) is 30.7 Å². The van der Waals surface area contributed by atoms with Gasteiger partial charge in [-0.1, -0.05) is 6.07 Å². The van der Waals surface area contributed by atoms with Gasteiger partial charge < -0.3 is 15.5 Å². The van der Waals surface area contributed by atoms with Crippen LogP contribution >= 0.6 is 0 Å². The van der Waals surface area contributed by atoms with E-state index in [-0.39, 0.29) is 17.6 Å². The predicted molar refractivity (Wildman–Crippen MR) is 62.2 cm³/mol. The average molecular weight is 235 g/mol. The summed E-state index contributed by atoms with van der Waals surface area (Å²) in [6.07, 6.45) is 3.95. The molecule has 1 unspecified atom stereocenters. The van der Waals surface area contributed by atoms with Gasteiger partial charge in [0.25, 0.3) is 0 Å². The summed E-state index contributed by atoms with van der Waals surface area (Å²) in [5.74, 6) is -0.174. The number of H-pyrrole nitrogens is 1. The Labute approximate surface area is 98.6 Å². The van der Waals surface area contributed by atoms with Gasteiger partial charge in [0.05, 0.1) is 13.4 Å². The molecule has 2 rings (SSSR count). The van der Waals surface area contributed by atoms with Crippen molar-refractivity contribution in [3.8, 4) is 5.75 Å². The van der Waals surface area contributed by atoms with Gasteiger partial charge in [-0.2, -0.15) is 0 Å². The maximum absolute atomic E-state index is 13.2. The summed E-state index contributed by atoms with van der Waals surface area (Å²) in [5, 5.41) is 0. The first-order valence-electron chi connectivity index (χ1n) is 5.27. The summed E-state index contributed by atoms with van der Waals surface area (Å²) in [4.78, 5) is 6.90. The third kappa shape index (κ3) is 2.62. The molecule has 1 heterocycles. The first kappa shape index (κ1) is 11.6. The molecule has 5 heteroatoms. The summed E-state index contributed by atoms with van der Waals surface area (Å²) in [6.45, 7) is 0. The van der Waals surface area contributed by atoms with E-state index < -0.39 is 0 Å². The zero-order valence-corrected chi connectivity index (χ0v) is 9.48. The fourth-order valence-electron chi connectivity index (χ4n) is 1.66. The van der Waals surface area contributed by atoms with Crippen molar-refractivity contribution in [3.05, 3.63) is 47.8 Å². The molecular weight excluding hydrogens is 221 g/mol. The van der Waals surface area contributed by atoms with Crippen molar-refractivity contribution in [2.45, 2.75) is 12.5 Å². The van der Waals surface area contributed by atoms with E-state index in [1.807, 2.05) is 0 Å². The monoisotopic (exact) mass is 235 g/mol. The smallest absolute Gasteiger partial charge is 0.165 e. The van der Waals surface area contributed by atoms with Gasteiger partial charge in [0.2, 0.25) is 0 Å². The first-order chi connectivity index (χ1) is 8.20. The number of nitrogens with two attached hydrogens (primary N) is 1. The fraction of sp³-hybridized carbons (Fsp3) is 0.250. The standard InChI is InChI=1S/C12H14FN3O/c1-17-12-4-8(2-3-10(12)13)11(14)5-9-6-15-7-16-9/h2-4,6-7,11H,5,14H2,1H3,(H,15,16). The molecule has 0 spiro atoms. The summed E-state index contributed by atoms with van der Waals surface area (Å²) in [7, 11) is 1.43. The van der Waals surface area contributed by atoms with E-state index in [1.54, 1.807) is 24.7 Å². The Morgan fingerprint density at radius 2 is 2.35 bits per heavy atom. The zero-order valence-electron chi connectivity index (χ0n) is 9.48. The number of hydrogen-bond acceptors (Lipinski definition) is 3. The van der Waals surface area contributed by atoms with Crippen molar-refractivity contribution >= 4 is 0 Å². The topological polar surface area (TPSA) is 63.9 Å². The van der Waals surface area contributed by atoms with Crippen LogP contribution in [-0.4, -0.2) is 17.1 Å². The van der Waals surface area contributed by atoms with E-state index in [0.29, 0.717) is 6.42 Å². The van der Waals surface area contributed by atoms with Crippen LogP contribution in [0, 0.1) is 5.82 Å². The van der Waals surface area contributed by atoms with Gasteiger partial charge in [0.15, 0.2) is 11.6 Å². The van der Waals surface area contributed by atoms with E-state index in [9.17, 15) is 4.39 Å². The van der Waals surface area contributed by atoms with Crippen molar-refractivity contribution in [2.24, 2.45) is 5.73 Å². The molecule has 0 bridgehead atoms. The van der Waals surface area contributed by atoms with Crippen molar-refractivity contribution in [1.29, 1.82) is 0 Å². The van der Waals surface area contributed by atoms with Gasteiger partial charge in [-0.05, 0) is 17.7 Å². The van der Waals surface area contributed by atoms with Crippen molar-refractivity contribution in [3.63, 3.8) is 0 Å². The van der Waals surface area contributed by atoms with E-state index in [1.165, 1.54) is 13.2 Å². The molecule has 3 N–H and O–H groups in total. The van der Waals surface area contributed by atoms with Crippen LogP contribution < -0.4 is 10.5 Å². The lowest BCUT2D eigenvalue weighted by Gasteiger charge is -2.12. The first-order valence-corrected chi connectivity index (χ1v) is 5.27. The molecule has 0 aliphatic rings. The molecule has 0 aliphatic heterocycles. The lowest BCUT2D eigenvalue weighted by atomic mass is 10.0. The Hall–Kier alpha value is -1.88. The minimum atomic E-state index is -0.384. The number of methoxy groups -OCH3 is 1. The zero-order chi connectivity index (χ0) is 12.3. The van der Waals surface area contributed by atoms with Crippen LogP contribution in [0.5, 0.6) is 5.75 Å². The maximum atomic E-state index is 13.2. The van der Waals surface area contributed by atoms with E-state index in [4.69, 9.17) is 10.5 Å². The van der Waals surface area contributed by atoms with E-state index in [0.717, 1.165) is 11.3 Å². The van der Waals surface area contributed by atoms with Gasteiger partial charge in [0.1, 0.15) is 0 Å². The Balaban J connectivity index is 2.16. The second-order valence-corrected chi connectivity index (χ2v) is 3.78. The molecule has 90 valence electrons. The number of nitrogens with zero attached hydrogens (tertiary/aromatic N) is 1. The van der Waals surface area contributed by atoms with Gasteiger partial charge in [0, 0.05) is 24.4 Å². The van der Waals surface area contributed by atoms with E-state index in [2.05, 4.69) is 9.97 Å². The van der Waals surface area contributed by atoms with Crippen LogP contribution in [-0.2, 0) is 6.42 Å². The van der Waals surface area contributed by atoms with Crippen LogP contribution in [0.3, 0.4) is 0 Å². The molecular formula is C12H14FN3O. The molecule has 1 aromatic carbocycles. The van der Waals surface area contributed by atoms with Crippen molar-refractivity contribution in [1.82, 2.24) is 9.97 Å². The average Bonchev–Trinajstić information content (AvgIpc) is 2.82. The third-order valence-electron chi connectivity index (χ3n) is 2.60. The number of benzene rings is 1. The molecule has 1 aromatic heterocycles. The van der Waals surface area contributed by atoms with Gasteiger partial charge in [-0.25, -0.2) is 9.37 Å². The summed E-state index contributed by atoms with van der Waals surface area (Å²) in [5.41, 5.74) is 7.81. The normalized spacial score (nSPS) is 12.4. The largest absolute Gasteiger partial charge is 0.494 e. The highest BCUT2D eigenvalue weighted by molar-refractivity contribution is 5.32. The number of ether oxygens (including phenoxy) is 1. The summed E-state index contributed by atoms with van der Waals surface area (Å²) >= 11 is 0. The number of aromatic nitrogens is 2. The highest BCUT2D eigenvalue weighted by Crippen LogP contribution is 2.23. The lowest BCUT2D eigenvalue weighted by Crippen LogP contribution is -2.13. The number of aromatic amines is 1. The molecule has 4 nitrogen and oxygen atoms in total. The van der Waals surface area contributed by atoms with Crippen LogP contribution in [0.4, 0.5) is 4.39 Å². The second kappa shape index (κ2) is 4.97. The Morgan fingerprint density at radius 3 is 3.00 bits per heavy atom. The van der Waals surface area contributed by atoms with Crippen LogP contribution in [0.2, 0.25) is 0 Å². The number of nitrogens with one attached hydrogen (secondary N) is 1. The van der Waals surface area contributed by atoms with Gasteiger partial charge in [-0.15, -0.1) is 0 Å². The molecule has 0 aliphatic carbocycles. The SMILES string of the molecule is COc1cc(C(N)Cc2cnc[nH]2)ccc1F. The molecule has 2 aromatic rings. The fourth-order valence-corrected chi connectivity index (χ4v) is 1.66. The number of halogens is 1. The van der Waals surface area contributed by atoms with Crippen LogP contribution in [0.25, 0.3) is 0 Å². The quantitative estimate of drug-likeness (QED) is 0.849. The number of hydrogen-bond donors (Lipinski definition) is 2. The lowest BCUT2D eigenvalue weighted by molar-refractivity contribution is 0.385. The Kier molecular flexibility index (Phi) is 3.39. The Morgan fingerprint density at radius 1 is 1.53 bits per heavy atom. The number of imidazole rings is 1. The van der Waals surface area contributed by atoms with Crippen molar-refractivity contribution in [2.75, 3.05) is 7.11 Å². The van der Waals surface area contributed by atoms with Crippen molar-refractivity contribution < 1.29 is 9.13 Å². The summed E-state index contributed by atoms with van der Waals surface area (Å²) < 4.78 is 18.1. The maximum Gasteiger partial charge on any atom is 0.165 e. The third-order valence-corrected chi connectivity index (χ3v) is 2.60. The van der Waals surface area contributed by atoms with Gasteiger partial charge >= 0.3 is 0 Å². The van der Waals surface area contributed by atoms with Gasteiger partial charge in [-0.3, -0.25) is 0 Å². The van der Waals surface area contributed by atoms with Crippen LogP contribution in [0.1, 0.15) is 17.3 Å². The molecule has 0 radical (unpaired) electrons. The minimum Gasteiger partial charge on any atom is -0.494 e. The second-order valence-electron chi connectivity index (χ2n) is 3.78. The molecule has 1 atom stereocenters. The molecule has 0 saturated carbocycles. The predicted octanol–water partition coefficient (Wildman–Crippen LogP) is 1.80. The highest BCUT2D eigenvalue weighted by Gasteiger charge is 2.11. The molecule has 0 fully saturated rings. The molecule has 0 saturated heterocycles. The number of rotatable bonds is 4. The molecule has 0 amide bonds. The van der Waals surface area contributed by atoms with E-state index >= 15 is 0 Å². The highest BCUT2D eigenvalue weighted by atomic mass is 19.1. The molecule has 17 heavy (non-hydrogen) atoms. The minimum absolute atomic E-state index is 0.211. The summed E-state index contributed by atoms with van der Waals surface area (Å²) in [6, 6.07) is 4.43.